The molecule has 0 aliphatic carbocycles. The molecule has 0 aliphatic heterocycles. The van der Waals surface area contributed by atoms with E-state index in [4.69, 9.17) is 16.3 Å². The smallest absolute Gasteiger partial charge is 0.369 e. The Hall–Kier alpha value is -2.74. The van der Waals surface area contributed by atoms with Crippen LogP contribution in [0.2, 0.25) is 5.02 Å². The number of nitro groups is 1. The molecule has 0 fully saturated rings. The van der Waals surface area contributed by atoms with Crippen molar-refractivity contribution < 1.29 is 19.2 Å². The first kappa shape index (κ1) is 18.6. The van der Waals surface area contributed by atoms with Gasteiger partial charge in [0, 0.05) is 12.1 Å². The Morgan fingerprint density at radius 3 is 2.64 bits per heavy atom. The average Bonchev–Trinajstić information content (AvgIpc) is 2.85. The van der Waals surface area contributed by atoms with Gasteiger partial charge in [0.15, 0.2) is 5.78 Å². The molecule has 0 unspecified atom stereocenters. The first-order valence-electron chi connectivity index (χ1n) is 7.49. The Morgan fingerprint density at radius 1 is 1.40 bits per heavy atom. The second-order valence-corrected chi connectivity index (χ2v) is 5.80. The average molecular weight is 366 g/mol. The van der Waals surface area contributed by atoms with Crippen molar-refractivity contribution in [2.75, 3.05) is 0 Å². The summed E-state index contributed by atoms with van der Waals surface area (Å²) < 4.78 is 6.35. The number of esters is 1. The number of halogens is 1. The molecule has 0 radical (unpaired) electrons. The molecule has 0 spiro atoms. The number of hydrogen-bond acceptors (Lipinski definition) is 6. The zero-order chi connectivity index (χ0) is 18.7. The summed E-state index contributed by atoms with van der Waals surface area (Å²) in [5.41, 5.74) is -0.338. The molecule has 0 saturated heterocycles. The summed E-state index contributed by atoms with van der Waals surface area (Å²) in [5, 5.41) is 15.7. The van der Waals surface area contributed by atoms with Crippen molar-refractivity contribution in [2.24, 2.45) is 7.05 Å². The van der Waals surface area contributed by atoms with Gasteiger partial charge in [-0.1, -0.05) is 24.9 Å². The quantitative estimate of drug-likeness (QED) is 0.255. The molecule has 2 aromatic rings. The van der Waals surface area contributed by atoms with Gasteiger partial charge in [-0.25, -0.2) is 4.79 Å². The van der Waals surface area contributed by atoms with Crippen LogP contribution in [0.3, 0.4) is 0 Å². The number of rotatable bonds is 6. The molecule has 0 saturated carbocycles. The van der Waals surface area contributed by atoms with Crippen LogP contribution in [-0.4, -0.2) is 26.5 Å². The molecule has 1 aromatic carbocycles. The van der Waals surface area contributed by atoms with E-state index in [1.165, 1.54) is 32.2 Å². The molecule has 25 heavy (non-hydrogen) atoms. The lowest BCUT2D eigenvalue weighted by molar-refractivity contribution is -0.386. The largest absolute Gasteiger partial charge is 0.421 e. The van der Waals surface area contributed by atoms with Gasteiger partial charge >= 0.3 is 11.7 Å². The van der Waals surface area contributed by atoms with Crippen molar-refractivity contribution in [1.82, 2.24) is 9.78 Å². The summed E-state index contributed by atoms with van der Waals surface area (Å²) in [6.45, 7) is 3.15. The first-order chi connectivity index (χ1) is 11.8. The van der Waals surface area contributed by atoms with E-state index < -0.39 is 10.9 Å². The van der Waals surface area contributed by atoms with E-state index in [9.17, 15) is 19.7 Å². The summed E-state index contributed by atoms with van der Waals surface area (Å²) in [6.07, 6.45) is 0.995. The summed E-state index contributed by atoms with van der Waals surface area (Å²) >= 11 is 5.85. The van der Waals surface area contributed by atoms with Gasteiger partial charge in [-0.3, -0.25) is 19.6 Å². The molecule has 1 heterocycles. The van der Waals surface area contributed by atoms with Crippen LogP contribution in [0.25, 0.3) is 0 Å². The minimum absolute atomic E-state index is 0.0190. The second kappa shape index (κ2) is 7.43. The molecule has 1 aromatic heterocycles. The van der Waals surface area contributed by atoms with Crippen molar-refractivity contribution in [3.05, 3.63) is 50.3 Å². The van der Waals surface area contributed by atoms with Crippen LogP contribution < -0.4 is 4.74 Å². The SMILES string of the molecule is CCCc1nn(C)c(C(=O)Oc2ccc(Cl)cc2C(C)=O)c1[N+](=O)[O-]. The van der Waals surface area contributed by atoms with Crippen molar-refractivity contribution in [3.8, 4) is 5.75 Å². The third kappa shape index (κ3) is 3.85. The molecule has 0 bridgehead atoms. The zero-order valence-electron chi connectivity index (χ0n) is 13.9. The summed E-state index contributed by atoms with van der Waals surface area (Å²) in [5.74, 6) is -1.33. The second-order valence-electron chi connectivity index (χ2n) is 5.36. The highest BCUT2D eigenvalue weighted by atomic mass is 35.5. The van der Waals surface area contributed by atoms with Crippen LogP contribution in [0.4, 0.5) is 5.69 Å². The molecule has 2 rings (SSSR count). The fourth-order valence-electron chi connectivity index (χ4n) is 2.41. The monoisotopic (exact) mass is 365 g/mol. The van der Waals surface area contributed by atoms with Gasteiger partial charge in [0.2, 0.25) is 5.69 Å². The number of carbonyl (C=O) groups excluding carboxylic acids is 2. The molecule has 132 valence electrons. The molecule has 0 N–H and O–H groups in total. The minimum Gasteiger partial charge on any atom is -0.421 e. The van der Waals surface area contributed by atoms with Crippen molar-refractivity contribution in [2.45, 2.75) is 26.7 Å². The number of carbonyl (C=O) groups is 2. The van der Waals surface area contributed by atoms with E-state index in [0.717, 1.165) is 4.68 Å². The summed E-state index contributed by atoms with van der Waals surface area (Å²) in [4.78, 5) is 34.9. The highest BCUT2D eigenvalue weighted by molar-refractivity contribution is 6.31. The maximum absolute atomic E-state index is 12.5. The Balaban J connectivity index is 2.46. The highest BCUT2D eigenvalue weighted by Gasteiger charge is 2.32. The van der Waals surface area contributed by atoms with Crippen LogP contribution in [0.1, 0.15) is 46.8 Å². The lowest BCUT2D eigenvalue weighted by Crippen LogP contribution is -2.16. The lowest BCUT2D eigenvalue weighted by Gasteiger charge is -2.08. The van der Waals surface area contributed by atoms with Gasteiger partial charge < -0.3 is 4.74 Å². The third-order valence-electron chi connectivity index (χ3n) is 3.48. The Morgan fingerprint density at radius 2 is 2.08 bits per heavy atom. The number of benzene rings is 1. The minimum atomic E-state index is -0.964. The summed E-state index contributed by atoms with van der Waals surface area (Å²) in [7, 11) is 1.43. The predicted molar refractivity (Wildman–Crippen MR) is 90.3 cm³/mol. The first-order valence-corrected chi connectivity index (χ1v) is 7.87. The van der Waals surface area contributed by atoms with Crippen LogP contribution >= 0.6 is 11.6 Å². The Labute approximate surface area is 148 Å². The maximum Gasteiger partial charge on any atom is 0.369 e. The lowest BCUT2D eigenvalue weighted by atomic mass is 10.1. The molecule has 0 amide bonds. The van der Waals surface area contributed by atoms with Crippen LogP contribution in [0.15, 0.2) is 18.2 Å². The van der Waals surface area contributed by atoms with Gasteiger partial charge in [-0.2, -0.15) is 5.10 Å². The van der Waals surface area contributed by atoms with Gasteiger partial charge in [-0.05, 0) is 31.5 Å². The van der Waals surface area contributed by atoms with Crippen molar-refractivity contribution in [1.29, 1.82) is 0 Å². The van der Waals surface area contributed by atoms with Crippen molar-refractivity contribution >= 4 is 29.0 Å². The maximum atomic E-state index is 12.5. The molecular weight excluding hydrogens is 350 g/mol. The molecule has 0 aliphatic rings. The molecule has 9 heteroatoms. The molecule has 8 nitrogen and oxygen atoms in total. The molecular formula is C16H16ClN3O5. The third-order valence-corrected chi connectivity index (χ3v) is 3.71. The van der Waals surface area contributed by atoms with E-state index in [-0.39, 0.29) is 34.2 Å². The van der Waals surface area contributed by atoms with Crippen LogP contribution in [0, 0.1) is 10.1 Å². The standard InChI is InChI=1S/C16H16ClN3O5/c1-4-5-12-14(20(23)24)15(19(3)18-12)16(22)25-13-7-6-10(17)8-11(13)9(2)21/h6-8H,4-5H2,1-3H3. The van der Waals surface area contributed by atoms with E-state index in [1.807, 2.05) is 6.92 Å². The van der Waals surface area contributed by atoms with E-state index in [0.29, 0.717) is 17.9 Å². The predicted octanol–water partition coefficient (Wildman–Crippen LogP) is 3.36. The van der Waals surface area contributed by atoms with E-state index in [1.54, 1.807) is 0 Å². The van der Waals surface area contributed by atoms with E-state index in [2.05, 4.69) is 5.10 Å². The van der Waals surface area contributed by atoms with E-state index >= 15 is 0 Å². The number of ether oxygens (including phenoxy) is 1. The fourth-order valence-corrected chi connectivity index (χ4v) is 2.58. The number of aryl methyl sites for hydroxylation is 2. The Bertz CT molecular complexity index is 860. The number of hydrogen-bond donors (Lipinski definition) is 0. The number of Topliss-reactive ketones (excluding diaryl/α,β-unsaturated/α-hetero) is 1. The summed E-state index contributed by atoms with van der Waals surface area (Å²) in [6, 6.07) is 4.19. The topological polar surface area (TPSA) is 104 Å². The normalized spacial score (nSPS) is 10.6. The highest BCUT2D eigenvalue weighted by Crippen LogP contribution is 2.28. The van der Waals surface area contributed by atoms with Crippen LogP contribution in [0.5, 0.6) is 5.75 Å². The van der Waals surface area contributed by atoms with Gasteiger partial charge in [0.25, 0.3) is 0 Å². The van der Waals surface area contributed by atoms with Crippen molar-refractivity contribution in [3.63, 3.8) is 0 Å². The zero-order valence-corrected chi connectivity index (χ0v) is 14.7. The van der Waals surface area contributed by atoms with Gasteiger partial charge in [0.05, 0.1) is 10.5 Å². The van der Waals surface area contributed by atoms with Gasteiger partial charge in [0.1, 0.15) is 11.4 Å². The Kier molecular flexibility index (Phi) is 5.53. The number of ketones is 1. The van der Waals surface area contributed by atoms with Gasteiger partial charge in [-0.15, -0.1) is 0 Å². The fraction of sp³-hybridized carbons (Fsp3) is 0.312. The molecule has 0 atom stereocenters. The van der Waals surface area contributed by atoms with Crippen LogP contribution in [-0.2, 0) is 13.5 Å². The number of nitrogens with zero attached hydrogens (tertiary/aromatic N) is 3. The number of aromatic nitrogens is 2.